The molecule has 4 rings (SSSR count). The van der Waals surface area contributed by atoms with Crippen molar-refractivity contribution in [2.75, 3.05) is 15.5 Å². The molecule has 0 unspecified atom stereocenters. The van der Waals surface area contributed by atoms with Gasteiger partial charge in [-0.15, -0.1) is 11.3 Å². The summed E-state index contributed by atoms with van der Waals surface area (Å²) in [4.78, 5) is 43.0. The van der Waals surface area contributed by atoms with Crippen molar-refractivity contribution in [3.63, 3.8) is 0 Å². The maximum atomic E-state index is 12.9. The maximum absolute atomic E-state index is 12.9. The van der Waals surface area contributed by atoms with Crippen molar-refractivity contribution < 1.29 is 14.4 Å². The van der Waals surface area contributed by atoms with Gasteiger partial charge in [-0.3, -0.25) is 19.7 Å². The van der Waals surface area contributed by atoms with Crippen molar-refractivity contribution in [1.82, 2.24) is 4.98 Å². The number of thiazole rings is 1. The normalized spacial score (nSPS) is 13.7. The zero-order valence-electron chi connectivity index (χ0n) is 16.4. The maximum Gasteiger partial charge on any atom is 0.283 e. The van der Waals surface area contributed by atoms with Gasteiger partial charge in [0.05, 0.1) is 5.69 Å². The fourth-order valence-corrected chi connectivity index (χ4v) is 3.80. The summed E-state index contributed by atoms with van der Waals surface area (Å²) in [6, 6.07) is 13.7. The number of hydrogen-bond donors (Lipinski definition) is 2. The van der Waals surface area contributed by atoms with Crippen LogP contribution in [0.15, 0.2) is 70.8 Å². The minimum atomic E-state index is -0.601. The first-order chi connectivity index (χ1) is 15.0. The Bertz CT molecular complexity index is 1190. The van der Waals surface area contributed by atoms with E-state index >= 15 is 0 Å². The van der Waals surface area contributed by atoms with Crippen molar-refractivity contribution in [2.24, 2.45) is 0 Å². The van der Waals surface area contributed by atoms with Crippen LogP contribution in [0.3, 0.4) is 0 Å². The quantitative estimate of drug-likeness (QED) is 0.541. The Balaban J connectivity index is 1.54. The van der Waals surface area contributed by atoms with Crippen LogP contribution in [0.2, 0.25) is 0 Å². The lowest BCUT2D eigenvalue weighted by Crippen LogP contribution is -2.32. The van der Waals surface area contributed by atoms with E-state index in [2.05, 4.69) is 15.6 Å². The van der Waals surface area contributed by atoms with Crippen molar-refractivity contribution in [1.29, 1.82) is 0 Å². The topological polar surface area (TPSA) is 91.4 Å². The van der Waals surface area contributed by atoms with E-state index in [-0.39, 0.29) is 16.6 Å². The third-order valence-corrected chi connectivity index (χ3v) is 5.72. The molecule has 2 heterocycles. The molecule has 0 bridgehead atoms. The number of amides is 3. The summed E-state index contributed by atoms with van der Waals surface area (Å²) in [5.41, 5.74) is 2.31. The molecule has 3 aromatic rings. The van der Waals surface area contributed by atoms with E-state index in [1.165, 1.54) is 11.3 Å². The molecule has 3 amide bonds. The highest BCUT2D eigenvalue weighted by molar-refractivity contribution is 7.13. The van der Waals surface area contributed by atoms with Gasteiger partial charge in [0.1, 0.15) is 10.7 Å². The Hall–Kier alpha value is -3.49. The van der Waals surface area contributed by atoms with Gasteiger partial charge in [-0.1, -0.05) is 36.7 Å². The fourth-order valence-electron chi connectivity index (χ4n) is 3.06. The van der Waals surface area contributed by atoms with Crippen LogP contribution in [0.25, 0.3) is 0 Å². The van der Waals surface area contributed by atoms with Crippen molar-refractivity contribution in [3.05, 3.63) is 82.0 Å². The van der Waals surface area contributed by atoms with Gasteiger partial charge in [-0.05, 0) is 42.3 Å². The average molecular weight is 453 g/mol. The molecular weight excluding hydrogens is 436 g/mol. The van der Waals surface area contributed by atoms with E-state index < -0.39 is 11.8 Å². The molecule has 0 spiro atoms. The number of nitrogens with one attached hydrogen (secondary N) is 2. The van der Waals surface area contributed by atoms with E-state index in [0.717, 1.165) is 16.9 Å². The van der Waals surface area contributed by atoms with E-state index in [1.54, 1.807) is 48.0 Å². The highest BCUT2D eigenvalue weighted by atomic mass is 35.5. The number of nitrogens with zero attached hydrogens (tertiary/aromatic N) is 2. The molecule has 0 saturated carbocycles. The van der Waals surface area contributed by atoms with Crippen molar-refractivity contribution in [2.45, 2.75) is 13.3 Å². The molecular formula is C22H17ClN4O3S. The first-order valence-electron chi connectivity index (χ1n) is 9.43. The smallest absolute Gasteiger partial charge is 0.283 e. The summed E-state index contributed by atoms with van der Waals surface area (Å²) in [5, 5.41) is 7.62. The molecule has 0 aliphatic carbocycles. The van der Waals surface area contributed by atoms with Gasteiger partial charge in [0.15, 0.2) is 5.13 Å². The standard InChI is InChI=1S/C22H17ClN4O3S/c1-2-13-6-8-16(9-7-13)27-20(29)17(23)18(21(27)30)25-15-5-3-4-14(12-15)19(28)26-22-24-10-11-31-22/h3-12,25H,2H2,1H3,(H,24,26,28). The highest BCUT2D eigenvalue weighted by Gasteiger charge is 2.38. The molecule has 1 aliphatic rings. The second-order valence-electron chi connectivity index (χ2n) is 6.65. The molecule has 156 valence electrons. The Morgan fingerprint density at radius 3 is 2.58 bits per heavy atom. The van der Waals surface area contributed by atoms with Gasteiger partial charge in [-0.2, -0.15) is 0 Å². The summed E-state index contributed by atoms with van der Waals surface area (Å²) >= 11 is 7.50. The second kappa shape index (κ2) is 8.71. The van der Waals surface area contributed by atoms with Crippen LogP contribution < -0.4 is 15.5 Å². The Kier molecular flexibility index (Phi) is 5.83. The van der Waals surface area contributed by atoms with Crippen molar-refractivity contribution >= 4 is 57.2 Å². The number of aromatic nitrogens is 1. The fraction of sp³-hybridized carbons (Fsp3) is 0.0909. The lowest BCUT2D eigenvalue weighted by atomic mass is 10.1. The van der Waals surface area contributed by atoms with Gasteiger partial charge in [-0.25, -0.2) is 9.88 Å². The number of benzene rings is 2. The highest BCUT2D eigenvalue weighted by Crippen LogP contribution is 2.30. The van der Waals surface area contributed by atoms with Gasteiger partial charge >= 0.3 is 0 Å². The number of rotatable bonds is 6. The van der Waals surface area contributed by atoms with Gasteiger partial charge in [0.25, 0.3) is 17.7 Å². The summed E-state index contributed by atoms with van der Waals surface area (Å²) in [6.07, 6.45) is 2.44. The summed E-state index contributed by atoms with van der Waals surface area (Å²) in [5.74, 6) is -1.50. The number of carbonyl (C=O) groups excluding carboxylic acids is 3. The van der Waals surface area contributed by atoms with Gasteiger partial charge in [0.2, 0.25) is 0 Å². The summed E-state index contributed by atoms with van der Waals surface area (Å²) < 4.78 is 0. The molecule has 0 atom stereocenters. The molecule has 0 radical (unpaired) electrons. The van der Waals surface area contributed by atoms with Gasteiger partial charge in [0, 0.05) is 22.8 Å². The van der Waals surface area contributed by atoms with Crippen LogP contribution in [0, 0.1) is 0 Å². The third-order valence-electron chi connectivity index (χ3n) is 4.68. The van der Waals surface area contributed by atoms with E-state index in [4.69, 9.17) is 11.6 Å². The van der Waals surface area contributed by atoms with Crippen LogP contribution >= 0.6 is 22.9 Å². The predicted molar refractivity (Wildman–Crippen MR) is 121 cm³/mol. The lowest BCUT2D eigenvalue weighted by Gasteiger charge is -2.15. The summed E-state index contributed by atoms with van der Waals surface area (Å²) in [7, 11) is 0. The first-order valence-corrected chi connectivity index (χ1v) is 10.7. The SMILES string of the molecule is CCc1ccc(N2C(=O)C(Cl)=C(Nc3cccc(C(=O)Nc4nccs4)c3)C2=O)cc1. The third kappa shape index (κ3) is 4.21. The molecule has 0 fully saturated rings. The lowest BCUT2D eigenvalue weighted by molar-refractivity contribution is -0.120. The number of halogens is 1. The largest absolute Gasteiger partial charge is 0.350 e. The van der Waals surface area contributed by atoms with Gasteiger partial charge < -0.3 is 5.32 Å². The number of anilines is 3. The van der Waals surface area contributed by atoms with Crippen LogP contribution in [-0.2, 0) is 16.0 Å². The van der Waals surface area contributed by atoms with Crippen LogP contribution in [-0.4, -0.2) is 22.7 Å². The molecule has 2 aromatic carbocycles. The Labute approximate surface area is 187 Å². The number of carbonyl (C=O) groups is 3. The minimum Gasteiger partial charge on any atom is -0.350 e. The minimum absolute atomic E-state index is 0.0382. The van der Waals surface area contributed by atoms with Crippen molar-refractivity contribution in [3.8, 4) is 0 Å². The van der Waals surface area contributed by atoms with Crippen LogP contribution in [0.4, 0.5) is 16.5 Å². The zero-order chi connectivity index (χ0) is 22.0. The molecule has 9 heteroatoms. The van der Waals surface area contributed by atoms with E-state index in [0.29, 0.717) is 22.1 Å². The molecule has 31 heavy (non-hydrogen) atoms. The molecule has 1 aromatic heterocycles. The monoisotopic (exact) mass is 452 g/mol. The number of aryl methyl sites for hydroxylation is 1. The molecule has 0 saturated heterocycles. The predicted octanol–water partition coefficient (Wildman–Crippen LogP) is 4.39. The van der Waals surface area contributed by atoms with Crippen LogP contribution in [0.5, 0.6) is 0 Å². The number of hydrogen-bond acceptors (Lipinski definition) is 6. The van der Waals surface area contributed by atoms with Crippen LogP contribution in [0.1, 0.15) is 22.8 Å². The molecule has 1 aliphatic heterocycles. The summed E-state index contributed by atoms with van der Waals surface area (Å²) in [6.45, 7) is 2.02. The Morgan fingerprint density at radius 2 is 1.90 bits per heavy atom. The zero-order valence-corrected chi connectivity index (χ0v) is 18.0. The van der Waals surface area contributed by atoms with E-state index in [1.807, 2.05) is 19.1 Å². The van der Waals surface area contributed by atoms with E-state index in [9.17, 15) is 14.4 Å². The average Bonchev–Trinajstić information content (AvgIpc) is 3.37. The number of imide groups is 1. The molecule has 2 N–H and O–H groups in total. The molecule has 7 nitrogen and oxygen atoms in total. The Morgan fingerprint density at radius 1 is 1.13 bits per heavy atom. The first kappa shape index (κ1) is 20.8. The second-order valence-corrected chi connectivity index (χ2v) is 7.92.